The molecule has 222 valence electrons. The van der Waals surface area contributed by atoms with Crippen LogP contribution >= 0.6 is 0 Å². The first-order chi connectivity index (χ1) is 20.9. The highest BCUT2D eigenvalue weighted by Gasteiger charge is 2.35. The molecule has 2 atom stereocenters. The van der Waals surface area contributed by atoms with E-state index in [4.69, 9.17) is 9.47 Å². The molecule has 0 aliphatic carbocycles. The molecule has 0 saturated carbocycles. The molecule has 6 rings (SSSR count). The quantitative estimate of drug-likeness (QED) is 0.386. The highest BCUT2D eigenvalue weighted by atomic mass is 16.5. The predicted octanol–water partition coefficient (Wildman–Crippen LogP) is 3.15. The van der Waals surface area contributed by atoms with Gasteiger partial charge in [0.15, 0.2) is 5.65 Å². The van der Waals surface area contributed by atoms with Crippen LogP contribution in [0.25, 0.3) is 5.65 Å². The number of carbonyl (C=O) groups is 3. The summed E-state index contributed by atoms with van der Waals surface area (Å²) >= 11 is 0. The second-order valence-corrected chi connectivity index (χ2v) is 10.9. The molecule has 2 aromatic carbocycles. The zero-order valence-corrected chi connectivity index (χ0v) is 24.2. The number of amides is 3. The fourth-order valence-corrected chi connectivity index (χ4v) is 5.67. The van der Waals surface area contributed by atoms with Gasteiger partial charge in [0, 0.05) is 31.9 Å². The number of aromatic nitrogens is 3. The van der Waals surface area contributed by atoms with Gasteiger partial charge in [0.1, 0.15) is 11.5 Å². The number of fused-ring (bicyclic) bond motifs is 6. The largest absolute Gasteiger partial charge is 0.457 e. The van der Waals surface area contributed by atoms with Crippen LogP contribution in [-0.4, -0.2) is 80.4 Å². The minimum absolute atomic E-state index is 0.0948. The SMILES string of the molecule is CCN1CC(=O)N[C@H]2CN(C(=O)c3cnc4ccnn4c3C)CC[C@@H]2OCc2cccc(c2)Oc2cccc(c2)CC1=O. The van der Waals surface area contributed by atoms with Crippen molar-refractivity contribution in [1.82, 2.24) is 29.7 Å². The summed E-state index contributed by atoms with van der Waals surface area (Å²) in [6.07, 6.45) is 3.54. The Balaban J connectivity index is 1.26. The lowest BCUT2D eigenvalue weighted by Crippen LogP contribution is -2.58. The molecule has 2 aliphatic heterocycles. The topological polar surface area (TPSA) is 118 Å². The summed E-state index contributed by atoms with van der Waals surface area (Å²) in [5, 5.41) is 7.36. The van der Waals surface area contributed by atoms with Gasteiger partial charge in [-0.1, -0.05) is 24.3 Å². The predicted molar refractivity (Wildman–Crippen MR) is 158 cm³/mol. The van der Waals surface area contributed by atoms with E-state index in [1.54, 1.807) is 27.9 Å². The first kappa shape index (κ1) is 28.4. The Morgan fingerprint density at radius 2 is 1.84 bits per heavy atom. The number of nitrogens with zero attached hydrogens (tertiary/aromatic N) is 5. The molecular formula is C32H34N6O5. The molecule has 0 unspecified atom stereocenters. The maximum Gasteiger partial charge on any atom is 0.257 e. The molecule has 2 aromatic heterocycles. The van der Waals surface area contributed by atoms with Gasteiger partial charge in [0.25, 0.3) is 5.91 Å². The number of nitrogens with one attached hydrogen (secondary N) is 1. The van der Waals surface area contributed by atoms with Crippen molar-refractivity contribution in [3.05, 3.63) is 89.4 Å². The second kappa shape index (κ2) is 12.2. The summed E-state index contributed by atoms with van der Waals surface area (Å²) in [7, 11) is 0. The Bertz CT molecular complexity index is 1670. The van der Waals surface area contributed by atoms with Gasteiger partial charge in [0.05, 0.1) is 49.2 Å². The number of ether oxygens (including phenoxy) is 2. The van der Waals surface area contributed by atoms with Crippen LogP contribution in [0.3, 0.4) is 0 Å². The fraction of sp³-hybridized carbons (Fsp3) is 0.344. The van der Waals surface area contributed by atoms with E-state index < -0.39 is 6.04 Å². The zero-order valence-electron chi connectivity index (χ0n) is 24.2. The van der Waals surface area contributed by atoms with E-state index in [1.165, 1.54) is 4.90 Å². The third-order valence-corrected chi connectivity index (χ3v) is 7.99. The summed E-state index contributed by atoms with van der Waals surface area (Å²) < 4.78 is 14.1. The van der Waals surface area contributed by atoms with E-state index in [0.29, 0.717) is 54.5 Å². The Morgan fingerprint density at radius 1 is 1.07 bits per heavy atom. The third-order valence-electron chi connectivity index (χ3n) is 7.99. The second-order valence-electron chi connectivity index (χ2n) is 10.9. The van der Waals surface area contributed by atoms with E-state index in [1.807, 2.05) is 62.4 Å². The summed E-state index contributed by atoms with van der Waals surface area (Å²) in [4.78, 5) is 47.8. The number of benzene rings is 2. The van der Waals surface area contributed by atoms with Gasteiger partial charge in [-0.2, -0.15) is 5.10 Å². The summed E-state index contributed by atoms with van der Waals surface area (Å²) in [5.74, 6) is 0.638. The molecule has 11 heteroatoms. The maximum atomic E-state index is 13.7. The number of aryl methyl sites for hydroxylation is 1. The molecule has 4 heterocycles. The number of hydrogen-bond donors (Lipinski definition) is 1. The van der Waals surface area contributed by atoms with Crippen LogP contribution in [0.2, 0.25) is 0 Å². The molecular weight excluding hydrogens is 548 g/mol. The van der Waals surface area contributed by atoms with Crippen molar-refractivity contribution < 1.29 is 23.9 Å². The number of likely N-dealkylation sites (N-methyl/N-ethyl adjacent to an activating group) is 1. The van der Waals surface area contributed by atoms with Gasteiger partial charge in [-0.25, -0.2) is 9.50 Å². The summed E-state index contributed by atoms with van der Waals surface area (Å²) in [6.45, 7) is 4.98. The molecule has 4 bridgehead atoms. The Kier molecular flexibility index (Phi) is 8.06. The van der Waals surface area contributed by atoms with Crippen LogP contribution in [-0.2, 0) is 27.4 Å². The molecule has 43 heavy (non-hydrogen) atoms. The summed E-state index contributed by atoms with van der Waals surface area (Å²) in [6, 6.07) is 16.4. The number of hydrogen-bond acceptors (Lipinski definition) is 7. The first-order valence-corrected chi connectivity index (χ1v) is 14.5. The fourth-order valence-electron chi connectivity index (χ4n) is 5.67. The van der Waals surface area contributed by atoms with Crippen molar-refractivity contribution in [2.24, 2.45) is 0 Å². The van der Waals surface area contributed by atoms with Crippen molar-refractivity contribution in [2.45, 2.75) is 45.4 Å². The monoisotopic (exact) mass is 582 g/mol. The molecule has 1 saturated heterocycles. The highest BCUT2D eigenvalue weighted by Crippen LogP contribution is 2.25. The molecule has 0 spiro atoms. The van der Waals surface area contributed by atoms with Crippen molar-refractivity contribution in [1.29, 1.82) is 0 Å². The molecule has 4 aromatic rings. The van der Waals surface area contributed by atoms with Crippen LogP contribution in [0.4, 0.5) is 0 Å². The molecule has 3 amide bonds. The highest BCUT2D eigenvalue weighted by molar-refractivity contribution is 5.95. The maximum absolute atomic E-state index is 13.7. The first-order valence-electron chi connectivity index (χ1n) is 14.5. The molecule has 2 aliphatic rings. The minimum Gasteiger partial charge on any atom is -0.457 e. The van der Waals surface area contributed by atoms with Gasteiger partial charge in [-0.15, -0.1) is 0 Å². The van der Waals surface area contributed by atoms with Gasteiger partial charge < -0.3 is 24.6 Å². The Morgan fingerprint density at radius 3 is 2.63 bits per heavy atom. The number of piperidine rings is 1. The minimum atomic E-state index is -0.481. The lowest BCUT2D eigenvalue weighted by Gasteiger charge is -2.39. The molecule has 1 fully saturated rings. The average molecular weight is 583 g/mol. The smallest absolute Gasteiger partial charge is 0.257 e. The summed E-state index contributed by atoms with van der Waals surface area (Å²) in [5.41, 5.74) is 3.53. The van der Waals surface area contributed by atoms with E-state index >= 15 is 0 Å². The molecule has 1 N–H and O–H groups in total. The van der Waals surface area contributed by atoms with Gasteiger partial charge >= 0.3 is 0 Å². The van der Waals surface area contributed by atoms with E-state index in [-0.39, 0.29) is 43.3 Å². The number of rotatable bonds is 2. The van der Waals surface area contributed by atoms with Crippen LogP contribution in [0.5, 0.6) is 11.5 Å². The standard InChI is InChI=1S/C32H34N6O5/c1-3-36-19-30(39)35-27-18-37(32(41)26-17-33-29-10-12-34-38(29)21(26)2)13-11-28(27)42-20-23-7-5-9-25(15-23)43-24-8-4-6-22(14-24)16-31(36)40/h4-10,12,14-15,17,27-28H,3,11,13,16,18-20H2,1-2H3,(H,35,39)/t27-,28-/m0/s1. The van der Waals surface area contributed by atoms with Crippen molar-refractivity contribution in [2.75, 3.05) is 26.2 Å². The third kappa shape index (κ3) is 6.21. The van der Waals surface area contributed by atoms with Gasteiger partial charge in [-0.3, -0.25) is 14.4 Å². The Hall–Kier alpha value is -4.77. The van der Waals surface area contributed by atoms with Crippen LogP contribution in [0.15, 0.2) is 67.0 Å². The average Bonchev–Trinajstić information content (AvgIpc) is 3.49. The Labute approximate surface area is 249 Å². The van der Waals surface area contributed by atoms with E-state index in [9.17, 15) is 14.4 Å². The van der Waals surface area contributed by atoms with Crippen LogP contribution < -0.4 is 10.1 Å². The van der Waals surface area contributed by atoms with Gasteiger partial charge in [-0.05, 0) is 55.7 Å². The molecule has 11 nitrogen and oxygen atoms in total. The van der Waals surface area contributed by atoms with Crippen molar-refractivity contribution in [3.8, 4) is 11.5 Å². The van der Waals surface area contributed by atoms with Crippen LogP contribution in [0.1, 0.15) is 40.5 Å². The van der Waals surface area contributed by atoms with Crippen molar-refractivity contribution in [3.63, 3.8) is 0 Å². The normalized spacial score (nSPS) is 19.8. The molecule has 0 radical (unpaired) electrons. The van der Waals surface area contributed by atoms with Crippen LogP contribution in [0, 0.1) is 6.92 Å². The zero-order chi connectivity index (χ0) is 29.9. The van der Waals surface area contributed by atoms with Gasteiger partial charge in [0.2, 0.25) is 11.8 Å². The number of carbonyl (C=O) groups excluding carboxylic acids is 3. The van der Waals surface area contributed by atoms with E-state index in [2.05, 4.69) is 15.4 Å². The lowest BCUT2D eigenvalue weighted by molar-refractivity contribution is -0.136. The lowest BCUT2D eigenvalue weighted by atomic mass is 10.0. The van der Waals surface area contributed by atoms with E-state index in [0.717, 1.165) is 11.1 Å². The number of likely N-dealkylation sites (tertiary alicyclic amines) is 1. The van der Waals surface area contributed by atoms with Crippen molar-refractivity contribution >= 4 is 23.4 Å².